The minimum Gasteiger partial charge on any atom is -0.317 e. The minimum absolute atomic E-state index is 0.511. The second kappa shape index (κ2) is 4.76. The lowest BCUT2D eigenvalue weighted by molar-refractivity contribution is 0.271. The average molecular weight is 157 g/mol. The van der Waals surface area contributed by atoms with E-state index in [2.05, 4.69) is 33.0 Å². The van der Waals surface area contributed by atoms with E-state index in [1.807, 2.05) is 7.05 Å². The van der Waals surface area contributed by atoms with Gasteiger partial charge in [-0.05, 0) is 32.2 Å². The summed E-state index contributed by atoms with van der Waals surface area (Å²) in [6.45, 7) is 9.21. The third-order valence-electron chi connectivity index (χ3n) is 2.28. The zero-order valence-corrected chi connectivity index (χ0v) is 8.70. The summed E-state index contributed by atoms with van der Waals surface area (Å²) in [6, 6.07) is 0.650. The first-order valence-electron chi connectivity index (χ1n) is 4.69. The van der Waals surface area contributed by atoms with E-state index in [1.54, 1.807) is 0 Å². The van der Waals surface area contributed by atoms with Crippen LogP contribution in [0.2, 0.25) is 0 Å². The summed E-state index contributed by atoms with van der Waals surface area (Å²) < 4.78 is 0. The summed E-state index contributed by atoms with van der Waals surface area (Å²) in [4.78, 5) is 0. The molecule has 0 aliphatic rings. The molecule has 0 aliphatic heterocycles. The molecule has 0 saturated carbocycles. The molecule has 0 aromatic rings. The summed E-state index contributed by atoms with van der Waals surface area (Å²) >= 11 is 0. The molecule has 11 heavy (non-hydrogen) atoms. The molecule has 0 amide bonds. The predicted octanol–water partition coefficient (Wildman–Crippen LogP) is 2.81. The van der Waals surface area contributed by atoms with E-state index in [-0.39, 0.29) is 0 Å². The van der Waals surface area contributed by atoms with Gasteiger partial charge in [0.05, 0.1) is 0 Å². The normalized spacial score (nSPS) is 15.0. The van der Waals surface area contributed by atoms with E-state index >= 15 is 0 Å². The first-order valence-corrected chi connectivity index (χ1v) is 4.69. The Morgan fingerprint density at radius 3 is 2.27 bits per heavy atom. The SMILES string of the molecule is CCCC(C)(C)CC(C)NC. The lowest BCUT2D eigenvalue weighted by atomic mass is 9.82. The third kappa shape index (κ3) is 5.25. The maximum Gasteiger partial charge on any atom is 0.00408 e. The second-order valence-corrected chi connectivity index (χ2v) is 4.31. The van der Waals surface area contributed by atoms with Gasteiger partial charge in [0.25, 0.3) is 0 Å². The van der Waals surface area contributed by atoms with Crippen LogP contribution in [-0.2, 0) is 0 Å². The van der Waals surface area contributed by atoms with Gasteiger partial charge in [0.15, 0.2) is 0 Å². The summed E-state index contributed by atoms with van der Waals surface area (Å²) in [5.74, 6) is 0. The van der Waals surface area contributed by atoms with Crippen LogP contribution in [0.1, 0.15) is 47.0 Å². The van der Waals surface area contributed by atoms with Gasteiger partial charge >= 0.3 is 0 Å². The molecule has 1 atom stereocenters. The molecule has 0 aromatic heterocycles. The van der Waals surface area contributed by atoms with Crippen molar-refractivity contribution >= 4 is 0 Å². The molecular weight excluding hydrogens is 134 g/mol. The number of nitrogens with one attached hydrogen (secondary N) is 1. The third-order valence-corrected chi connectivity index (χ3v) is 2.28. The highest BCUT2D eigenvalue weighted by Gasteiger charge is 2.18. The fourth-order valence-electron chi connectivity index (χ4n) is 1.71. The molecule has 0 aliphatic carbocycles. The average Bonchev–Trinajstić information content (AvgIpc) is 1.86. The van der Waals surface area contributed by atoms with Crippen LogP contribution in [0.25, 0.3) is 0 Å². The lowest BCUT2D eigenvalue weighted by Crippen LogP contribution is -2.28. The maximum absolute atomic E-state index is 3.28. The molecule has 0 saturated heterocycles. The van der Waals surface area contributed by atoms with Crippen LogP contribution in [-0.4, -0.2) is 13.1 Å². The van der Waals surface area contributed by atoms with Crippen molar-refractivity contribution in [1.82, 2.24) is 5.32 Å². The molecule has 1 N–H and O–H groups in total. The van der Waals surface area contributed by atoms with Gasteiger partial charge in [-0.3, -0.25) is 0 Å². The summed E-state index contributed by atoms with van der Waals surface area (Å²) in [7, 11) is 2.03. The van der Waals surface area contributed by atoms with Gasteiger partial charge in [-0.2, -0.15) is 0 Å². The summed E-state index contributed by atoms with van der Waals surface area (Å²) in [5.41, 5.74) is 0.511. The quantitative estimate of drug-likeness (QED) is 0.647. The lowest BCUT2D eigenvalue weighted by Gasteiger charge is -2.27. The van der Waals surface area contributed by atoms with Crippen molar-refractivity contribution in [2.45, 2.75) is 53.0 Å². The van der Waals surface area contributed by atoms with Crippen molar-refractivity contribution in [1.29, 1.82) is 0 Å². The summed E-state index contributed by atoms with van der Waals surface area (Å²) in [6.07, 6.45) is 3.90. The topological polar surface area (TPSA) is 12.0 Å². The van der Waals surface area contributed by atoms with E-state index < -0.39 is 0 Å². The van der Waals surface area contributed by atoms with Crippen LogP contribution in [0.3, 0.4) is 0 Å². The molecule has 0 rings (SSSR count). The van der Waals surface area contributed by atoms with Gasteiger partial charge in [-0.15, -0.1) is 0 Å². The first-order chi connectivity index (χ1) is 5.02. The minimum atomic E-state index is 0.511. The fraction of sp³-hybridized carbons (Fsp3) is 1.00. The molecule has 68 valence electrons. The van der Waals surface area contributed by atoms with Crippen LogP contribution >= 0.6 is 0 Å². The highest BCUT2D eigenvalue weighted by molar-refractivity contribution is 4.73. The van der Waals surface area contributed by atoms with Crippen molar-refractivity contribution in [3.63, 3.8) is 0 Å². The molecule has 1 unspecified atom stereocenters. The Kier molecular flexibility index (Phi) is 4.74. The first kappa shape index (κ1) is 11.0. The largest absolute Gasteiger partial charge is 0.317 e. The molecule has 0 heterocycles. The Bertz CT molecular complexity index is 97.0. The van der Waals surface area contributed by atoms with Crippen LogP contribution in [0.5, 0.6) is 0 Å². The van der Waals surface area contributed by atoms with Gasteiger partial charge < -0.3 is 5.32 Å². The van der Waals surface area contributed by atoms with Crippen molar-refractivity contribution < 1.29 is 0 Å². The van der Waals surface area contributed by atoms with Crippen molar-refractivity contribution in [2.24, 2.45) is 5.41 Å². The second-order valence-electron chi connectivity index (χ2n) is 4.31. The standard InChI is InChI=1S/C10H23N/c1-6-7-10(3,4)8-9(2)11-5/h9,11H,6-8H2,1-5H3. The fourth-order valence-corrected chi connectivity index (χ4v) is 1.71. The zero-order chi connectivity index (χ0) is 8.91. The van der Waals surface area contributed by atoms with E-state index in [0.29, 0.717) is 11.5 Å². The molecule has 0 bridgehead atoms. The highest BCUT2D eigenvalue weighted by atomic mass is 14.9. The predicted molar refractivity (Wildman–Crippen MR) is 51.8 cm³/mol. The van der Waals surface area contributed by atoms with Crippen LogP contribution < -0.4 is 5.32 Å². The van der Waals surface area contributed by atoms with Crippen LogP contribution in [0.4, 0.5) is 0 Å². The van der Waals surface area contributed by atoms with Crippen molar-refractivity contribution in [2.75, 3.05) is 7.05 Å². The zero-order valence-electron chi connectivity index (χ0n) is 8.70. The van der Waals surface area contributed by atoms with Crippen molar-refractivity contribution in [3.05, 3.63) is 0 Å². The Morgan fingerprint density at radius 2 is 1.91 bits per heavy atom. The van der Waals surface area contributed by atoms with Gasteiger partial charge in [-0.1, -0.05) is 27.2 Å². The molecule has 1 heteroatoms. The van der Waals surface area contributed by atoms with E-state index in [1.165, 1.54) is 19.3 Å². The van der Waals surface area contributed by atoms with E-state index in [0.717, 1.165) is 0 Å². The van der Waals surface area contributed by atoms with E-state index in [9.17, 15) is 0 Å². The smallest absolute Gasteiger partial charge is 0.00408 e. The molecule has 0 radical (unpaired) electrons. The molecule has 1 nitrogen and oxygen atoms in total. The van der Waals surface area contributed by atoms with Gasteiger partial charge in [0.2, 0.25) is 0 Å². The van der Waals surface area contributed by atoms with Gasteiger partial charge in [-0.25, -0.2) is 0 Å². The number of hydrogen-bond donors (Lipinski definition) is 1. The van der Waals surface area contributed by atoms with Crippen LogP contribution in [0, 0.1) is 5.41 Å². The Hall–Kier alpha value is -0.0400. The Balaban J connectivity index is 3.70. The monoisotopic (exact) mass is 157 g/mol. The molecule has 0 aromatic carbocycles. The van der Waals surface area contributed by atoms with Gasteiger partial charge in [0, 0.05) is 6.04 Å². The van der Waals surface area contributed by atoms with Crippen LogP contribution in [0.15, 0.2) is 0 Å². The van der Waals surface area contributed by atoms with Crippen molar-refractivity contribution in [3.8, 4) is 0 Å². The Morgan fingerprint density at radius 1 is 1.36 bits per heavy atom. The highest BCUT2D eigenvalue weighted by Crippen LogP contribution is 2.27. The number of hydrogen-bond acceptors (Lipinski definition) is 1. The molecule has 0 fully saturated rings. The summed E-state index contributed by atoms with van der Waals surface area (Å²) in [5, 5.41) is 3.28. The maximum atomic E-state index is 3.28. The molecule has 0 spiro atoms. The van der Waals surface area contributed by atoms with E-state index in [4.69, 9.17) is 0 Å². The van der Waals surface area contributed by atoms with Gasteiger partial charge in [0.1, 0.15) is 0 Å². The Labute approximate surface area is 71.6 Å². The molecular formula is C10H23N. The number of rotatable bonds is 5.